The third-order valence-corrected chi connectivity index (χ3v) is 2.17. The molecule has 0 bridgehead atoms. The van der Waals surface area contributed by atoms with E-state index >= 15 is 0 Å². The lowest BCUT2D eigenvalue weighted by Crippen LogP contribution is -2.35. The number of rotatable bonds is 3. The molecule has 1 fully saturated rings. The number of allylic oxidation sites excluding steroid dienone is 4. The standard InChI is InChI=1S/C12H19NO/c1-4-12(6-5-11(2)3)13-7-9-14-10-8-13/h4-6H,1,7-10H2,2-3H3/b12-6-. The van der Waals surface area contributed by atoms with E-state index in [9.17, 15) is 0 Å². The minimum atomic E-state index is 0.819. The second kappa shape index (κ2) is 5.66. The molecule has 0 unspecified atom stereocenters. The molecule has 0 N–H and O–H groups in total. The summed E-state index contributed by atoms with van der Waals surface area (Å²) in [6.45, 7) is 11.6. The van der Waals surface area contributed by atoms with Crippen LogP contribution in [-0.2, 0) is 4.74 Å². The molecule has 1 rings (SSSR count). The second-order valence-corrected chi connectivity index (χ2v) is 3.64. The van der Waals surface area contributed by atoms with E-state index < -0.39 is 0 Å². The SMILES string of the molecule is C=C/C(=C/C=C(C)C)N1CCOCC1. The molecule has 2 nitrogen and oxygen atoms in total. The predicted molar refractivity (Wildman–Crippen MR) is 60.1 cm³/mol. The minimum Gasteiger partial charge on any atom is -0.378 e. The molecule has 1 saturated heterocycles. The summed E-state index contributed by atoms with van der Waals surface area (Å²) in [5, 5.41) is 0. The van der Waals surface area contributed by atoms with Crippen molar-refractivity contribution in [2.24, 2.45) is 0 Å². The Morgan fingerprint density at radius 3 is 2.36 bits per heavy atom. The van der Waals surface area contributed by atoms with Crippen molar-refractivity contribution in [3.8, 4) is 0 Å². The summed E-state index contributed by atoms with van der Waals surface area (Å²) < 4.78 is 5.30. The topological polar surface area (TPSA) is 12.5 Å². The van der Waals surface area contributed by atoms with Gasteiger partial charge in [0.1, 0.15) is 0 Å². The van der Waals surface area contributed by atoms with Crippen LogP contribution in [-0.4, -0.2) is 31.2 Å². The van der Waals surface area contributed by atoms with E-state index in [1.54, 1.807) is 0 Å². The van der Waals surface area contributed by atoms with E-state index in [1.165, 1.54) is 11.3 Å². The highest BCUT2D eigenvalue weighted by molar-refractivity contribution is 5.23. The Kier molecular flexibility index (Phi) is 4.47. The van der Waals surface area contributed by atoms with Crippen molar-refractivity contribution in [2.75, 3.05) is 26.3 Å². The van der Waals surface area contributed by atoms with Crippen LogP contribution >= 0.6 is 0 Å². The van der Waals surface area contributed by atoms with E-state index in [4.69, 9.17) is 4.74 Å². The summed E-state index contributed by atoms with van der Waals surface area (Å²) in [4.78, 5) is 2.30. The van der Waals surface area contributed by atoms with Gasteiger partial charge >= 0.3 is 0 Å². The second-order valence-electron chi connectivity index (χ2n) is 3.64. The molecular weight excluding hydrogens is 174 g/mol. The highest BCUT2D eigenvalue weighted by atomic mass is 16.5. The molecule has 0 radical (unpaired) electrons. The van der Waals surface area contributed by atoms with Gasteiger partial charge in [-0.1, -0.05) is 18.2 Å². The maximum absolute atomic E-state index is 5.30. The van der Waals surface area contributed by atoms with Gasteiger partial charge in [-0.15, -0.1) is 0 Å². The van der Waals surface area contributed by atoms with Crippen molar-refractivity contribution in [1.82, 2.24) is 4.90 Å². The molecule has 1 aliphatic heterocycles. The third kappa shape index (κ3) is 3.38. The zero-order chi connectivity index (χ0) is 10.4. The molecule has 1 aliphatic rings. The van der Waals surface area contributed by atoms with Gasteiger partial charge in [0, 0.05) is 18.8 Å². The first-order valence-corrected chi connectivity index (χ1v) is 5.04. The summed E-state index contributed by atoms with van der Waals surface area (Å²) in [5.41, 5.74) is 2.49. The molecule has 0 atom stereocenters. The first-order valence-electron chi connectivity index (χ1n) is 5.04. The van der Waals surface area contributed by atoms with Gasteiger partial charge in [-0.05, 0) is 26.0 Å². The average molecular weight is 193 g/mol. The van der Waals surface area contributed by atoms with Crippen molar-refractivity contribution < 1.29 is 4.74 Å². The van der Waals surface area contributed by atoms with E-state index in [1.807, 2.05) is 6.08 Å². The van der Waals surface area contributed by atoms with Gasteiger partial charge in [-0.25, -0.2) is 0 Å². The number of hydrogen-bond acceptors (Lipinski definition) is 2. The molecule has 2 heteroatoms. The quantitative estimate of drug-likeness (QED) is 0.638. The summed E-state index contributed by atoms with van der Waals surface area (Å²) in [6.07, 6.45) is 6.14. The molecular formula is C12H19NO. The molecule has 0 aromatic carbocycles. The zero-order valence-corrected chi connectivity index (χ0v) is 9.12. The largest absolute Gasteiger partial charge is 0.378 e. The van der Waals surface area contributed by atoms with E-state index in [-0.39, 0.29) is 0 Å². The number of ether oxygens (including phenoxy) is 1. The van der Waals surface area contributed by atoms with Gasteiger partial charge in [0.05, 0.1) is 13.2 Å². The first kappa shape index (κ1) is 11.1. The molecule has 14 heavy (non-hydrogen) atoms. The Bertz CT molecular complexity index is 243. The van der Waals surface area contributed by atoms with Crippen molar-refractivity contribution in [2.45, 2.75) is 13.8 Å². The monoisotopic (exact) mass is 193 g/mol. The predicted octanol–water partition coefficient (Wildman–Crippen LogP) is 2.35. The number of nitrogens with zero attached hydrogens (tertiary/aromatic N) is 1. The molecule has 0 saturated carbocycles. The van der Waals surface area contributed by atoms with Crippen LogP contribution in [0.5, 0.6) is 0 Å². The van der Waals surface area contributed by atoms with Gasteiger partial charge in [-0.3, -0.25) is 0 Å². The number of morpholine rings is 1. The molecule has 0 aliphatic carbocycles. The first-order chi connectivity index (χ1) is 6.74. The highest BCUT2D eigenvalue weighted by Gasteiger charge is 2.10. The average Bonchev–Trinajstić information content (AvgIpc) is 2.20. The Hall–Kier alpha value is -1.02. The summed E-state index contributed by atoms with van der Waals surface area (Å²) in [6, 6.07) is 0. The molecule has 0 aromatic rings. The molecule has 1 heterocycles. The Labute approximate surface area is 86.6 Å². The highest BCUT2D eigenvalue weighted by Crippen LogP contribution is 2.09. The third-order valence-electron chi connectivity index (χ3n) is 2.17. The molecule has 0 amide bonds. The van der Waals surface area contributed by atoms with Gasteiger partial charge in [0.25, 0.3) is 0 Å². The zero-order valence-electron chi connectivity index (χ0n) is 9.12. The van der Waals surface area contributed by atoms with Crippen molar-refractivity contribution in [1.29, 1.82) is 0 Å². The van der Waals surface area contributed by atoms with Crippen molar-refractivity contribution in [3.63, 3.8) is 0 Å². The van der Waals surface area contributed by atoms with E-state index in [0.717, 1.165) is 26.3 Å². The van der Waals surface area contributed by atoms with Gasteiger partial charge in [0.15, 0.2) is 0 Å². The fourth-order valence-electron chi connectivity index (χ4n) is 1.38. The normalized spacial score (nSPS) is 17.9. The van der Waals surface area contributed by atoms with Crippen LogP contribution in [0.4, 0.5) is 0 Å². The van der Waals surface area contributed by atoms with Crippen LogP contribution in [0, 0.1) is 0 Å². The maximum Gasteiger partial charge on any atom is 0.0642 e. The lowest BCUT2D eigenvalue weighted by Gasteiger charge is -2.29. The smallest absolute Gasteiger partial charge is 0.0642 e. The summed E-state index contributed by atoms with van der Waals surface area (Å²) in [5.74, 6) is 0. The lowest BCUT2D eigenvalue weighted by atomic mass is 10.2. The minimum absolute atomic E-state index is 0.819. The summed E-state index contributed by atoms with van der Waals surface area (Å²) >= 11 is 0. The van der Waals surface area contributed by atoms with Gasteiger partial charge in [0.2, 0.25) is 0 Å². The van der Waals surface area contributed by atoms with E-state index in [0.29, 0.717) is 0 Å². The van der Waals surface area contributed by atoms with Crippen LogP contribution in [0.15, 0.2) is 36.1 Å². The number of hydrogen-bond donors (Lipinski definition) is 0. The summed E-state index contributed by atoms with van der Waals surface area (Å²) in [7, 11) is 0. The molecule has 78 valence electrons. The van der Waals surface area contributed by atoms with Crippen LogP contribution in [0.1, 0.15) is 13.8 Å². The van der Waals surface area contributed by atoms with Gasteiger partial charge in [-0.2, -0.15) is 0 Å². The maximum atomic E-state index is 5.30. The fourth-order valence-corrected chi connectivity index (χ4v) is 1.38. The van der Waals surface area contributed by atoms with Crippen molar-refractivity contribution in [3.05, 3.63) is 36.1 Å². The molecule has 0 aromatic heterocycles. The van der Waals surface area contributed by atoms with Gasteiger partial charge < -0.3 is 9.64 Å². The van der Waals surface area contributed by atoms with Crippen molar-refractivity contribution >= 4 is 0 Å². The van der Waals surface area contributed by atoms with Crippen LogP contribution in [0.2, 0.25) is 0 Å². The Balaban J connectivity index is 2.64. The Morgan fingerprint density at radius 2 is 1.86 bits per heavy atom. The lowest BCUT2D eigenvalue weighted by molar-refractivity contribution is 0.0554. The van der Waals surface area contributed by atoms with E-state index in [2.05, 4.69) is 37.5 Å². The fraction of sp³-hybridized carbons (Fsp3) is 0.500. The van der Waals surface area contributed by atoms with Crippen LogP contribution in [0.3, 0.4) is 0 Å². The van der Waals surface area contributed by atoms with Crippen LogP contribution in [0.25, 0.3) is 0 Å². The molecule has 0 spiro atoms. The van der Waals surface area contributed by atoms with Crippen LogP contribution < -0.4 is 0 Å². The Morgan fingerprint density at radius 1 is 1.21 bits per heavy atom.